The van der Waals surface area contributed by atoms with Crippen LogP contribution >= 0.6 is 0 Å². The molecular weight excluding hydrogens is 1880 g/mol. The molecule has 12 fully saturated rings. The molecule has 0 bridgehead atoms. The lowest BCUT2D eigenvalue weighted by atomic mass is 9.33. The van der Waals surface area contributed by atoms with Crippen molar-refractivity contribution in [2.45, 2.75) is 410 Å². The van der Waals surface area contributed by atoms with E-state index in [1.54, 1.807) is 20.8 Å². The summed E-state index contributed by atoms with van der Waals surface area (Å²) in [6, 6.07) is 0. The Morgan fingerprint density at radius 3 is 1.52 bits per heavy atom. The summed E-state index contributed by atoms with van der Waals surface area (Å²) in [6.45, 7) is 21.3. The van der Waals surface area contributed by atoms with E-state index in [9.17, 15) is 132 Å². The Balaban J connectivity index is 0.776. The van der Waals surface area contributed by atoms with E-state index in [1.807, 2.05) is 20.8 Å². The normalized spacial score (nSPS) is 48.2. The third-order valence-corrected chi connectivity index (χ3v) is 33.2. The van der Waals surface area contributed by atoms with E-state index in [1.165, 1.54) is 45.1 Å². The zero-order valence-electron chi connectivity index (χ0n) is 81.0. The average molecular weight is 2030 g/mol. The van der Waals surface area contributed by atoms with Crippen LogP contribution in [0.25, 0.3) is 0 Å². The molecule has 0 aromatic carbocycles. The second-order valence-corrected chi connectivity index (χ2v) is 43.0. The number of carbonyl (C=O) groups excluding carboxylic acids is 3. The molecule has 0 spiro atoms. The van der Waals surface area contributed by atoms with Crippen LogP contribution in [0.2, 0.25) is 0 Å². The fourth-order valence-electron chi connectivity index (χ4n) is 24.0. The molecule has 13 aliphatic rings. The molecule has 0 aromatic rings. The van der Waals surface area contributed by atoms with Gasteiger partial charge in [-0.3, -0.25) is 4.79 Å². The molecule has 5 aliphatic carbocycles. The monoisotopic (exact) mass is 2030 g/mol. The molecule has 46 heteroatoms. The Hall–Kier alpha value is -4.49. The Morgan fingerprint density at radius 1 is 0.454 bits per heavy atom. The van der Waals surface area contributed by atoms with E-state index in [-0.39, 0.29) is 61.5 Å². The molecular formula is C95H150O46. The Labute approximate surface area is 815 Å². The summed E-state index contributed by atoms with van der Waals surface area (Å²) in [5.74, 6) is -4.82. The summed E-state index contributed by atoms with van der Waals surface area (Å²) in [4.78, 5) is 45.2. The molecule has 13 rings (SSSR count). The molecule has 8 saturated heterocycles. The van der Waals surface area contributed by atoms with E-state index in [2.05, 4.69) is 33.1 Å². The van der Waals surface area contributed by atoms with Crippen LogP contribution < -0.4 is 0 Å². The SMILES string of the molecule is C=CC(C)(O)CCC=C(CO)C(=O)OC1C(C)OC(OC(C)(C=C)CCC=C(CO)C(=O)OC2CC3(C(=O)OC4OC(CO)C(O)C(O)C4OC4OC(C)C(OC5OC(CO)C(O)C5O)C(OC5OC(CO)C(O)C(O)C5O)C4O)C(O)CC4(C)C(=CCC5C6(C)CCC(OC7OC(COC8OCC(O)C(O)C8OC8OCC(O)C(O)C8O)C(O)C(O)C7O)C(C)(C)C6CCC54C)C3CC2(C)C)C(O)C1O. The van der Waals surface area contributed by atoms with E-state index in [0.717, 1.165) is 0 Å². The van der Waals surface area contributed by atoms with Gasteiger partial charge in [-0.25, -0.2) is 9.59 Å². The maximum Gasteiger partial charge on any atom is 0.336 e. The van der Waals surface area contributed by atoms with Crippen molar-refractivity contribution in [1.82, 2.24) is 0 Å². The molecule has 4 saturated carbocycles. The number of aliphatic hydroxyl groups is 25. The number of esters is 3. The summed E-state index contributed by atoms with van der Waals surface area (Å²) in [7, 11) is 0. The van der Waals surface area contributed by atoms with Gasteiger partial charge >= 0.3 is 17.9 Å². The standard InChI is InChI=1S/C95H150O46/c1-14-90(9,123)24-16-18-42(32-97)78(121)135-72-39(3)128-84(70(118)65(72)113)141-91(10,15-2)25-17-19-41(31-96)77(120)133-55-30-95(87(122)140-86-76(64(112)59(107)48(34-99)131-86)139-83-71(119)74(137-82-69(117)62(110)58(106)47(33-98)129-82)73(40(4)127-83)136-81-67(115)60(108)49(35-100)130-81)44(28-88(55,5)6)43-20-21-52-92(11)26-23-54(89(7,8)51(92)22-27-93(52,12)94(43,13)29-53(95)103)134-80-68(116)63(111)61(109)50(132-80)38-126-85-75(57(105)46(102)37-125-85)138-79-66(114)56(104)45(101)36-124-79/h14-15,18-20,39-40,44-76,79-86,96-119,123H,1-2,16-17,21-38H2,3-13H3. The number of carbonyl (C=O) groups is 3. The molecule has 0 amide bonds. The quantitative estimate of drug-likeness (QED) is 0.00937. The van der Waals surface area contributed by atoms with Gasteiger partial charge in [0.25, 0.3) is 0 Å². The van der Waals surface area contributed by atoms with Crippen LogP contribution in [0.4, 0.5) is 0 Å². The number of allylic oxidation sites excluding steroid dienone is 4. The second-order valence-electron chi connectivity index (χ2n) is 43.0. The van der Waals surface area contributed by atoms with E-state index >= 15 is 9.59 Å². The van der Waals surface area contributed by atoms with Gasteiger partial charge in [-0.1, -0.05) is 84.4 Å². The Kier molecular flexibility index (Phi) is 36.2. The molecule has 46 nitrogen and oxygen atoms in total. The number of fused-ring (bicyclic) bond motifs is 7. The largest absolute Gasteiger partial charge is 0.458 e. The van der Waals surface area contributed by atoms with Crippen molar-refractivity contribution in [2.75, 3.05) is 52.9 Å². The van der Waals surface area contributed by atoms with Crippen molar-refractivity contribution in [3.63, 3.8) is 0 Å². The minimum atomic E-state index is -2.29. The van der Waals surface area contributed by atoms with Crippen LogP contribution in [0.1, 0.15) is 153 Å². The predicted molar refractivity (Wildman–Crippen MR) is 473 cm³/mol. The summed E-state index contributed by atoms with van der Waals surface area (Å²) in [6.07, 6.45) is -61.2. The first-order chi connectivity index (χ1) is 66.1. The zero-order chi connectivity index (χ0) is 104. The van der Waals surface area contributed by atoms with E-state index in [4.69, 9.17) is 85.3 Å². The highest BCUT2D eigenvalue weighted by molar-refractivity contribution is 5.89. The summed E-state index contributed by atoms with van der Waals surface area (Å²) >= 11 is 0. The van der Waals surface area contributed by atoms with Crippen molar-refractivity contribution < 1.29 is 227 Å². The van der Waals surface area contributed by atoms with Gasteiger partial charge in [-0.2, -0.15) is 0 Å². The summed E-state index contributed by atoms with van der Waals surface area (Å²) in [5.41, 5.74) is -9.05. The van der Waals surface area contributed by atoms with Crippen LogP contribution in [0, 0.1) is 50.2 Å². The third-order valence-electron chi connectivity index (χ3n) is 33.2. The average Bonchev–Trinajstić information content (AvgIpc) is 0.899. The lowest BCUT2D eigenvalue weighted by Gasteiger charge is -2.72. The van der Waals surface area contributed by atoms with E-state index in [0.29, 0.717) is 37.7 Å². The zero-order valence-corrected chi connectivity index (χ0v) is 81.0. The van der Waals surface area contributed by atoms with Crippen molar-refractivity contribution in [2.24, 2.45) is 50.2 Å². The van der Waals surface area contributed by atoms with Crippen molar-refractivity contribution >= 4 is 17.9 Å². The first-order valence-corrected chi connectivity index (χ1v) is 48.6. The predicted octanol–water partition coefficient (Wildman–Crippen LogP) is -6.45. The maximum absolute atomic E-state index is 16.8. The number of rotatable bonds is 34. The molecule has 141 heavy (non-hydrogen) atoms. The highest BCUT2D eigenvalue weighted by Crippen LogP contribution is 2.76. The summed E-state index contributed by atoms with van der Waals surface area (Å²) < 4.78 is 109. The fourth-order valence-corrected chi connectivity index (χ4v) is 24.0. The molecule has 8 heterocycles. The number of ether oxygens (including phenoxy) is 18. The lowest BCUT2D eigenvalue weighted by Crippen LogP contribution is -2.70. The van der Waals surface area contributed by atoms with Gasteiger partial charge in [0.1, 0.15) is 164 Å². The maximum atomic E-state index is 16.8. The molecule has 49 unspecified atom stereocenters. The first kappa shape index (κ1) is 114. The third kappa shape index (κ3) is 22.1. The van der Waals surface area contributed by atoms with Crippen LogP contribution in [0.15, 0.2) is 60.3 Å². The van der Waals surface area contributed by atoms with Crippen molar-refractivity contribution in [1.29, 1.82) is 0 Å². The van der Waals surface area contributed by atoms with Gasteiger partial charge in [-0.15, -0.1) is 13.2 Å². The van der Waals surface area contributed by atoms with Gasteiger partial charge in [-0.05, 0) is 138 Å². The van der Waals surface area contributed by atoms with Crippen LogP contribution in [-0.4, -0.2) is 455 Å². The molecule has 49 atom stereocenters. The number of aliphatic hydroxyl groups excluding tert-OH is 24. The minimum absolute atomic E-state index is 0.0532. The van der Waals surface area contributed by atoms with Crippen LogP contribution in [-0.2, 0) is 99.6 Å². The minimum Gasteiger partial charge on any atom is -0.458 e. The molecule has 0 radical (unpaired) electrons. The molecule has 25 N–H and O–H groups in total. The number of hydrogen-bond acceptors (Lipinski definition) is 46. The van der Waals surface area contributed by atoms with Gasteiger partial charge in [0, 0.05) is 11.8 Å². The van der Waals surface area contributed by atoms with Gasteiger partial charge in [0.05, 0.1) is 99.6 Å². The smallest absolute Gasteiger partial charge is 0.336 e. The Bertz CT molecular complexity index is 4310. The van der Waals surface area contributed by atoms with Crippen LogP contribution in [0.5, 0.6) is 0 Å². The number of hydrogen-bond donors (Lipinski definition) is 25. The first-order valence-electron chi connectivity index (χ1n) is 48.6. The van der Waals surface area contributed by atoms with Gasteiger partial charge < -0.3 is 213 Å². The van der Waals surface area contributed by atoms with Crippen molar-refractivity contribution in [3.05, 3.63) is 60.3 Å². The summed E-state index contributed by atoms with van der Waals surface area (Å²) in [5, 5.41) is 279. The fraction of sp³-hybridized carbons (Fsp3) is 0.863. The second kappa shape index (κ2) is 45.0. The topological polar surface area (TPSA) is 723 Å². The highest BCUT2D eigenvalue weighted by atomic mass is 16.8. The van der Waals surface area contributed by atoms with Crippen LogP contribution in [0.3, 0.4) is 0 Å². The van der Waals surface area contributed by atoms with Crippen molar-refractivity contribution in [3.8, 4) is 0 Å². The molecule has 8 aliphatic heterocycles. The van der Waals surface area contributed by atoms with Gasteiger partial charge in [0.15, 0.2) is 56.2 Å². The molecule has 0 aromatic heterocycles. The Morgan fingerprint density at radius 2 is 0.929 bits per heavy atom. The highest BCUT2D eigenvalue weighted by Gasteiger charge is 2.74. The molecule has 806 valence electrons. The van der Waals surface area contributed by atoms with Gasteiger partial charge in [0.2, 0.25) is 6.29 Å². The lowest BCUT2D eigenvalue weighted by molar-refractivity contribution is -0.390. The van der Waals surface area contributed by atoms with E-state index < -0.39 is 372 Å².